The molecule has 0 aliphatic rings. The Hall–Kier alpha value is -3.99. The summed E-state index contributed by atoms with van der Waals surface area (Å²) < 4.78 is 14.4. The molecular formula is C26H20FN3O. The first-order valence-electron chi connectivity index (χ1n) is 10.1. The van der Waals surface area contributed by atoms with Gasteiger partial charge in [0.15, 0.2) is 5.82 Å². The number of aromatic nitrogens is 2. The van der Waals surface area contributed by atoms with Crippen LogP contribution in [0.15, 0.2) is 78.9 Å². The van der Waals surface area contributed by atoms with Crippen molar-refractivity contribution in [3.8, 4) is 11.1 Å². The highest BCUT2D eigenvalue weighted by Crippen LogP contribution is 2.32. The number of aromatic amines is 1. The number of hydrogen-bond acceptors (Lipinski definition) is 2. The van der Waals surface area contributed by atoms with E-state index >= 15 is 0 Å². The number of rotatable bonds is 4. The second-order valence-corrected chi connectivity index (χ2v) is 7.67. The van der Waals surface area contributed by atoms with Crippen LogP contribution in [0.25, 0.3) is 32.8 Å². The molecule has 0 fully saturated rings. The number of hydrogen-bond donors (Lipinski definition) is 2. The molecule has 0 unspecified atom stereocenters. The molecule has 4 nitrogen and oxygen atoms in total. The summed E-state index contributed by atoms with van der Waals surface area (Å²) in [4.78, 5) is 12.7. The van der Waals surface area contributed by atoms with Gasteiger partial charge >= 0.3 is 0 Å². The van der Waals surface area contributed by atoms with E-state index in [4.69, 9.17) is 0 Å². The Kier molecular flexibility index (Phi) is 4.71. The maximum absolute atomic E-state index is 14.4. The standard InChI is InChI=1S/C26H20FN3O/c1-16-12-24-22(15-21(16)20-8-4-5-9-23(20)27)26(30-29-24)28-25(31)14-17-10-11-18-6-2-3-7-19(18)13-17/h2-13,15H,14H2,1H3,(H2,28,29,30,31). The lowest BCUT2D eigenvalue weighted by molar-refractivity contribution is -0.115. The van der Waals surface area contributed by atoms with Gasteiger partial charge in [-0.15, -0.1) is 0 Å². The highest BCUT2D eigenvalue weighted by atomic mass is 19.1. The van der Waals surface area contributed by atoms with Gasteiger partial charge in [0.1, 0.15) is 5.82 Å². The largest absolute Gasteiger partial charge is 0.308 e. The van der Waals surface area contributed by atoms with E-state index in [2.05, 4.69) is 15.5 Å². The molecule has 31 heavy (non-hydrogen) atoms. The molecule has 152 valence electrons. The fourth-order valence-corrected chi connectivity index (χ4v) is 3.95. The van der Waals surface area contributed by atoms with Crippen molar-refractivity contribution in [2.45, 2.75) is 13.3 Å². The molecule has 1 aromatic heterocycles. The number of nitrogens with one attached hydrogen (secondary N) is 2. The SMILES string of the molecule is Cc1cc2[nH]nc(NC(=O)Cc3ccc4ccccc4c3)c2cc1-c1ccccc1F. The van der Waals surface area contributed by atoms with Crippen LogP contribution in [0.3, 0.4) is 0 Å². The Morgan fingerprint density at radius 1 is 0.935 bits per heavy atom. The Bertz CT molecular complexity index is 1440. The summed E-state index contributed by atoms with van der Waals surface area (Å²) in [7, 11) is 0. The van der Waals surface area contributed by atoms with Crippen molar-refractivity contribution < 1.29 is 9.18 Å². The number of amides is 1. The Labute approximate surface area is 178 Å². The van der Waals surface area contributed by atoms with E-state index in [1.54, 1.807) is 12.1 Å². The molecule has 0 aliphatic carbocycles. The fourth-order valence-electron chi connectivity index (χ4n) is 3.95. The van der Waals surface area contributed by atoms with E-state index in [-0.39, 0.29) is 18.1 Å². The molecule has 1 amide bonds. The smallest absolute Gasteiger partial charge is 0.230 e. The van der Waals surface area contributed by atoms with Gasteiger partial charge in [0, 0.05) is 10.9 Å². The summed E-state index contributed by atoms with van der Waals surface area (Å²) in [5.41, 5.74) is 3.95. The Balaban J connectivity index is 1.44. The number of halogens is 1. The van der Waals surface area contributed by atoms with Crippen LogP contribution < -0.4 is 5.32 Å². The molecule has 0 saturated heterocycles. The van der Waals surface area contributed by atoms with Crippen molar-refractivity contribution in [2.24, 2.45) is 0 Å². The molecule has 5 rings (SSSR count). The quantitative estimate of drug-likeness (QED) is 0.382. The molecule has 1 heterocycles. The topological polar surface area (TPSA) is 57.8 Å². The van der Waals surface area contributed by atoms with Crippen molar-refractivity contribution in [1.82, 2.24) is 10.2 Å². The summed E-state index contributed by atoms with van der Waals surface area (Å²) in [6.45, 7) is 1.93. The van der Waals surface area contributed by atoms with Crippen LogP contribution in [0, 0.1) is 12.7 Å². The summed E-state index contributed by atoms with van der Waals surface area (Å²) >= 11 is 0. The zero-order valence-corrected chi connectivity index (χ0v) is 16.9. The van der Waals surface area contributed by atoms with Gasteiger partial charge in [-0.2, -0.15) is 5.10 Å². The predicted molar refractivity (Wildman–Crippen MR) is 123 cm³/mol. The zero-order valence-electron chi connectivity index (χ0n) is 16.9. The molecule has 0 radical (unpaired) electrons. The number of H-pyrrole nitrogens is 1. The van der Waals surface area contributed by atoms with Crippen LogP contribution in [0.1, 0.15) is 11.1 Å². The van der Waals surface area contributed by atoms with Crippen LogP contribution in [0.4, 0.5) is 10.2 Å². The van der Waals surface area contributed by atoms with Gasteiger partial charge in [0.25, 0.3) is 0 Å². The zero-order chi connectivity index (χ0) is 21.4. The molecule has 0 aliphatic heterocycles. The monoisotopic (exact) mass is 409 g/mol. The molecule has 4 aromatic carbocycles. The number of nitrogens with zero attached hydrogens (tertiary/aromatic N) is 1. The second kappa shape index (κ2) is 7.69. The van der Waals surface area contributed by atoms with E-state index in [0.29, 0.717) is 11.4 Å². The number of fused-ring (bicyclic) bond motifs is 2. The lowest BCUT2D eigenvalue weighted by atomic mass is 9.98. The number of benzene rings is 4. The average Bonchev–Trinajstić information content (AvgIpc) is 3.14. The van der Waals surface area contributed by atoms with Crippen LogP contribution in [0.2, 0.25) is 0 Å². The van der Waals surface area contributed by atoms with Crippen molar-refractivity contribution >= 4 is 33.4 Å². The maximum atomic E-state index is 14.4. The summed E-state index contributed by atoms with van der Waals surface area (Å²) in [6.07, 6.45) is 0.241. The summed E-state index contributed by atoms with van der Waals surface area (Å²) in [5.74, 6) is 0.00501. The number of anilines is 1. The van der Waals surface area contributed by atoms with Crippen molar-refractivity contribution in [3.05, 3.63) is 95.8 Å². The van der Waals surface area contributed by atoms with Crippen LogP contribution >= 0.6 is 0 Å². The van der Waals surface area contributed by atoms with Gasteiger partial charge in [-0.05, 0) is 52.6 Å². The van der Waals surface area contributed by atoms with E-state index < -0.39 is 0 Å². The van der Waals surface area contributed by atoms with Gasteiger partial charge in [-0.25, -0.2) is 4.39 Å². The summed E-state index contributed by atoms with van der Waals surface area (Å²) in [6, 6.07) is 24.5. The lowest BCUT2D eigenvalue weighted by Gasteiger charge is -2.09. The molecule has 0 spiro atoms. The minimum atomic E-state index is -0.282. The Morgan fingerprint density at radius 2 is 1.71 bits per heavy atom. The molecule has 0 atom stereocenters. The number of carbonyl (C=O) groups is 1. The Morgan fingerprint density at radius 3 is 2.55 bits per heavy atom. The second-order valence-electron chi connectivity index (χ2n) is 7.67. The van der Waals surface area contributed by atoms with Gasteiger partial charge in [-0.3, -0.25) is 9.89 Å². The third kappa shape index (κ3) is 3.66. The minimum Gasteiger partial charge on any atom is -0.308 e. The fraction of sp³-hybridized carbons (Fsp3) is 0.0769. The number of carbonyl (C=O) groups excluding carboxylic acids is 1. The van der Waals surface area contributed by atoms with E-state index in [1.807, 2.05) is 67.6 Å². The lowest BCUT2D eigenvalue weighted by Crippen LogP contribution is -2.14. The normalized spacial score (nSPS) is 11.2. The van der Waals surface area contributed by atoms with Gasteiger partial charge in [-0.1, -0.05) is 60.7 Å². The molecule has 0 bridgehead atoms. The maximum Gasteiger partial charge on any atom is 0.230 e. The van der Waals surface area contributed by atoms with E-state index in [1.165, 1.54) is 6.07 Å². The van der Waals surface area contributed by atoms with Crippen LogP contribution in [-0.2, 0) is 11.2 Å². The van der Waals surface area contributed by atoms with Gasteiger partial charge in [0.2, 0.25) is 5.91 Å². The first-order valence-corrected chi connectivity index (χ1v) is 10.1. The van der Waals surface area contributed by atoms with E-state index in [9.17, 15) is 9.18 Å². The molecule has 5 aromatic rings. The first-order chi connectivity index (χ1) is 15.1. The molecule has 0 saturated carbocycles. The van der Waals surface area contributed by atoms with Crippen molar-refractivity contribution in [3.63, 3.8) is 0 Å². The van der Waals surface area contributed by atoms with Crippen molar-refractivity contribution in [2.75, 3.05) is 5.32 Å². The van der Waals surface area contributed by atoms with Gasteiger partial charge < -0.3 is 5.32 Å². The highest BCUT2D eigenvalue weighted by molar-refractivity contribution is 6.02. The first kappa shape index (κ1) is 19.0. The third-order valence-corrected chi connectivity index (χ3v) is 5.51. The van der Waals surface area contributed by atoms with Crippen molar-refractivity contribution in [1.29, 1.82) is 0 Å². The van der Waals surface area contributed by atoms with Crippen LogP contribution in [0.5, 0.6) is 0 Å². The van der Waals surface area contributed by atoms with Gasteiger partial charge in [0.05, 0.1) is 11.9 Å². The predicted octanol–water partition coefficient (Wildman–Crippen LogP) is 6.01. The highest BCUT2D eigenvalue weighted by Gasteiger charge is 2.14. The average molecular weight is 409 g/mol. The molecular weight excluding hydrogens is 389 g/mol. The number of aryl methyl sites for hydroxylation is 1. The molecule has 2 N–H and O–H groups in total. The van der Waals surface area contributed by atoms with E-state index in [0.717, 1.165) is 38.4 Å². The third-order valence-electron chi connectivity index (χ3n) is 5.51. The summed E-state index contributed by atoms with van der Waals surface area (Å²) in [5, 5.41) is 13.1. The minimum absolute atomic E-state index is 0.156. The molecule has 5 heteroatoms. The van der Waals surface area contributed by atoms with Crippen LogP contribution in [-0.4, -0.2) is 16.1 Å².